The smallest absolute Gasteiger partial charge is 0.190 e. The van der Waals surface area contributed by atoms with Crippen molar-refractivity contribution in [2.75, 3.05) is 6.61 Å². The zero-order chi connectivity index (χ0) is 18.0. The Kier molecular flexibility index (Phi) is 4.14. The van der Waals surface area contributed by atoms with Gasteiger partial charge in [-0.05, 0) is 86.9 Å². The number of carbonyl (C=O) groups excluding carboxylic acids is 1. The molecule has 142 valence electrons. The summed E-state index contributed by atoms with van der Waals surface area (Å²) in [5, 5.41) is 30.7. The molecule has 4 aliphatic rings. The fourth-order valence-corrected chi connectivity index (χ4v) is 7.84. The maximum Gasteiger partial charge on any atom is 0.190 e. The molecule has 25 heavy (non-hydrogen) atoms. The van der Waals surface area contributed by atoms with Gasteiger partial charge in [0, 0.05) is 5.41 Å². The van der Waals surface area contributed by atoms with Crippen molar-refractivity contribution >= 4 is 5.78 Å². The number of Topliss-reactive ketones (excluding diaryl/α,β-unsaturated/α-hetero) is 1. The fraction of sp³-hybridized carbons (Fsp3) is 0.952. The van der Waals surface area contributed by atoms with Gasteiger partial charge in [-0.1, -0.05) is 13.8 Å². The van der Waals surface area contributed by atoms with E-state index in [1.54, 1.807) is 0 Å². The topological polar surface area (TPSA) is 77.8 Å². The molecular weight excluding hydrogens is 316 g/mol. The summed E-state index contributed by atoms with van der Waals surface area (Å²) < 4.78 is 0. The largest absolute Gasteiger partial charge is 0.393 e. The van der Waals surface area contributed by atoms with E-state index in [9.17, 15) is 20.1 Å². The van der Waals surface area contributed by atoms with Crippen LogP contribution in [-0.4, -0.2) is 39.4 Å². The van der Waals surface area contributed by atoms with Crippen LogP contribution in [-0.2, 0) is 4.79 Å². The third kappa shape index (κ3) is 2.26. The van der Waals surface area contributed by atoms with Crippen LogP contribution in [0.5, 0.6) is 0 Å². The van der Waals surface area contributed by atoms with Gasteiger partial charge in [-0.15, -0.1) is 0 Å². The molecule has 0 aliphatic heterocycles. The van der Waals surface area contributed by atoms with Crippen LogP contribution >= 0.6 is 0 Å². The zero-order valence-corrected chi connectivity index (χ0v) is 15.7. The summed E-state index contributed by atoms with van der Waals surface area (Å²) in [7, 11) is 0. The van der Waals surface area contributed by atoms with E-state index in [-0.39, 0.29) is 17.3 Å². The van der Waals surface area contributed by atoms with E-state index in [0.29, 0.717) is 35.5 Å². The molecule has 4 rings (SSSR count). The van der Waals surface area contributed by atoms with Crippen LogP contribution < -0.4 is 0 Å². The lowest BCUT2D eigenvalue weighted by molar-refractivity contribution is -0.174. The maximum absolute atomic E-state index is 12.4. The fourth-order valence-electron chi connectivity index (χ4n) is 7.84. The van der Waals surface area contributed by atoms with Gasteiger partial charge in [-0.25, -0.2) is 0 Å². The van der Waals surface area contributed by atoms with Gasteiger partial charge in [0.05, 0.1) is 6.10 Å². The van der Waals surface area contributed by atoms with E-state index in [4.69, 9.17) is 0 Å². The predicted octanol–water partition coefficient (Wildman–Crippen LogP) is 2.68. The molecule has 0 bridgehead atoms. The highest BCUT2D eigenvalue weighted by Crippen LogP contribution is 2.68. The minimum atomic E-state index is -1.34. The third-order valence-corrected chi connectivity index (χ3v) is 9.39. The van der Waals surface area contributed by atoms with E-state index < -0.39 is 12.2 Å². The van der Waals surface area contributed by atoms with Crippen molar-refractivity contribution in [3.63, 3.8) is 0 Å². The quantitative estimate of drug-likeness (QED) is 0.715. The number of aliphatic hydroxyl groups excluding tert-OH is 2. The van der Waals surface area contributed by atoms with Gasteiger partial charge in [0.1, 0.15) is 12.2 Å². The first-order valence-electron chi connectivity index (χ1n) is 10.3. The molecule has 0 radical (unpaired) electrons. The highest BCUT2D eigenvalue weighted by Gasteiger charge is 2.66. The predicted molar refractivity (Wildman–Crippen MR) is 94.8 cm³/mol. The van der Waals surface area contributed by atoms with Gasteiger partial charge >= 0.3 is 0 Å². The number of carbonyl (C=O) groups is 1. The van der Waals surface area contributed by atoms with Gasteiger partial charge in [-0.2, -0.15) is 0 Å². The first-order valence-corrected chi connectivity index (χ1v) is 10.3. The van der Waals surface area contributed by atoms with E-state index in [2.05, 4.69) is 13.8 Å². The molecule has 4 aliphatic carbocycles. The minimum Gasteiger partial charge on any atom is -0.393 e. The lowest BCUT2D eigenvalue weighted by Crippen LogP contribution is -2.59. The van der Waals surface area contributed by atoms with E-state index >= 15 is 0 Å². The molecule has 0 aromatic rings. The Balaban J connectivity index is 1.63. The van der Waals surface area contributed by atoms with Gasteiger partial charge < -0.3 is 15.3 Å². The van der Waals surface area contributed by atoms with E-state index in [1.165, 1.54) is 12.8 Å². The van der Waals surface area contributed by atoms with Crippen molar-refractivity contribution in [2.24, 2.45) is 34.5 Å². The summed E-state index contributed by atoms with van der Waals surface area (Å²) >= 11 is 0. The van der Waals surface area contributed by atoms with Crippen LogP contribution in [0.2, 0.25) is 0 Å². The lowest BCUT2D eigenvalue weighted by Gasteiger charge is -2.61. The standard InChI is InChI=1S/C21H34O4/c1-19-8-5-14(23)11-13(19)3-4-15-16(19)6-9-20(2)17(15)7-10-21(20,25)18(24)12-22/h13-17,22-23,25H,3-12H2,1-2H3/t13-,14?,15-,16+,17+,19+,20+,21+/m0/s1. The Bertz CT molecular complexity index is 562. The third-order valence-electron chi connectivity index (χ3n) is 9.39. The van der Waals surface area contributed by atoms with Crippen molar-refractivity contribution < 1.29 is 20.1 Å². The molecule has 0 aromatic carbocycles. The second kappa shape index (κ2) is 5.77. The van der Waals surface area contributed by atoms with Crippen molar-refractivity contribution in [1.29, 1.82) is 0 Å². The Morgan fingerprint density at radius 3 is 2.44 bits per heavy atom. The van der Waals surface area contributed by atoms with Gasteiger partial charge in [0.25, 0.3) is 0 Å². The second-order valence-corrected chi connectivity index (χ2v) is 10.0. The first-order chi connectivity index (χ1) is 11.8. The first kappa shape index (κ1) is 17.9. The normalized spacial score (nSPS) is 55.2. The number of rotatable bonds is 2. The molecule has 4 saturated carbocycles. The van der Waals surface area contributed by atoms with Gasteiger partial charge in [0.2, 0.25) is 0 Å². The zero-order valence-electron chi connectivity index (χ0n) is 15.7. The maximum atomic E-state index is 12.4. The molecule has 8 atom stereocenters. The molecule has 1 unspecified atom stereocenters. The monoisotopic (exact) mass is 350 g/mol. The van der Waals surface area contributed by atoms with Crippen molar-refractivity contribution in [1.82, 2.24) is 0 Å². The van der Waals surface area contributed by atoms with Crippen LogP contribution in [0.1, 0.15) is 71.6 Å². The molecule has 0 saturated heterocycles. The molecule has 0 amide bonds. The molecule has 4 heteroatoms. The molecule has 0 aromatic heterocycles. The second-order valence-electron chi connectivity index (χ2n) is 10.0. The highest BCUT2D eigenvalue weighted by molar-refractivity contribution is 5.89. The van der Waals surface area contributed by atoms with Crippen molar-refractivity contribution in [3.05, 3.63) is 0 Å². The average molecular weight is 350 g/mol. The highest BCUT2D eigenvalue weighted by atomic mass is 16.3. The van der Waals surface area contributed by atoms with Crippen LogP contribution in [0, 0.1) is 34.5 Å². The Morgan fingerprint density at radius 1 is 1.00 bits per heavy atom. The van der Waals surface area contributed by atoms with E-state index in [0.717, 1.165) is 38.5 Å². The van der Waals surface area contributed by atoms with Crippen LogP contribution in [0.15, 0.2) is 0 Å². The SMILES string of the molecule is C[C@@]12CCC(O)C[C@@H]1CC[C@H]1[C@H]2CC[C@]2(C)[C@@H]1CC[C@@]2(O)C(=O)CO. The van der Waals surface area contributed by atoms with Crippen LogP contribution in [0.25, 0.3) is 0 Å². The summed E-state index contributed by atoms with van der Waals surface area (Å²) in [5.74, 6) is 1.87. The Morgan fingerprint density at radius 2 is 1.72 bits per heavy atom. The molecule has 0 heterocycles. The van der Waals surface area contributed by atoms with Gasteiger partial charge in [-0.3, -0.25) is 4.79 Å². The summed E-state index contributed by atoms with van der Waals surface area (Å²) in [4.78, 5) is 12.4. The van der Waals surface area contributed by atoms with E-state index in [1.807, 2.05) is 0 Å². The number of aliphatic hydroxyl groups is 3. The Labute approximate surface area is 151 Å². The number of ketones is 1. The average Bonchev–Trinajstić information content (AvgIpc) is 2.87. The van der Waals surface area contributed by atoms with Crippen LogP contribution in [0.4, 0.5) is 0 Å². The molecule has 3 N–H and O–H groups in total. The van der Waals surface area contributed by atoms with Gasteiger partial charge in [0.15, 0.2) is 5.78 Å². The Hall–Kier alpha value is -0.450. The van der Waals surface area contributed by atoms with Crippen molar-refractivity contribution in [3.8, 4) is 0 Å². The van der Waals surface area contributed by atoms with Crippen LogP contribution in [0.3, 0.4) is 0 Å². The van der Waals surface area contributed by atoms with Crippen molar-refractivity contribution in [2.45, 2.75) is 83.3 Å². The summed E-state index contributed by atoms with van der Waals surface area (Å²) in [5.41, 5.74) is -1.41. The molecule has 4 nitrogen and oxygen atoms in total. The number of fused-ring (bicyclic) bond motifs is 5. The molecule has 4 fully saturated rings. The molecular formula is C21H34O4. The number of hydrogen-bond acceptors (Lipinski definition) is 4. The summed E-state index contributed by atoms with van der Waals surface area (Å²) in [6.45, 7) is 4.00. The summed E-state index contributed by atoms with van der Waals surface area (Å²) in [6, 6.07) is 0. The molecule has 0 spiro atoms. The minimum absolute atomic E-state index is 0.123. The number of hydrogen-bond donors (Lipinski definition) is 3. The lowest BCUT2D eigenvalue weighted by atomic mass is 9.44. The summed E-state index contributed by atoms with van der Waals surface area (Å²) in [6.07, 6.45) is 8.58.